The minimum absolute atomic E-state index is 0.118. The zero-order valence-electron chi connectivity index (χ0n) is 17.5. The van der Waals surface area contributed by atoms with Crippen LogP contribution in [0.4, 0.5) is 0 Å². The number of nitrogens with zero attached hydrogens (tertiary/aromatic N) is 2. The number of hydrogen-bond acceptors (Lipinski definition) is 7. The summed E-state index contributed by atoms with van der Waals surface area (Å²) in [4.78, 5) is 28.4. The molecule has 0 bridgehead atoms. The third kappa shape index (κ3) is 6.87. The molecule has 2 saturated heterocycles. The Bertz CT molecular complexity index is 695. The molecular weight excluding hydrogens is 404 g/mol. The van der Waals surface area contributed by atoms with Crippen molar-refractivity contribution in [3.05, 3.63) is 29.8 Å². The van der Waals surface area contributed by atoms with Gasteiger partial charge in [-0.05, 0) is 63.2 Å². The van der Waals surface area contributed by atoms with Crippen LogP contribution >= 0.6 is 11.8 Å². The van der Waals surface area contributed by atoms with Crippen LogP contribution in [0.1, 0.15) is 23.2 Å². The number of hydrogen-bond donors (Lipinski definition) is 3. The number of nitrogens with one attached hydrogen (secondary N) is 2. The third-order valence-electron chi connectivity index (χ3n) is 5.71. The number of benzene rings is 1. The lowest BCUT2D eigenvalue weighted by Crippen LogP contribution is -2.47. The first-order valence-electron chi connectivity index (χ1n) is 10.5. The molecule has 8 nitrogen and oxygen atoms in total. The molecule has 3 N–H and O–H groups in total. The van der Waals surface area contributed by atoms with E-state index < -0.39 is 0 Å². The van der Waals surface area contributed by atoms with Crippen LogP contribution in [-0.4, -0.2) is 90.7 Å². The Hall–Kier alpha value is -1.81. The van der Waals surface area contributed by atoms with Crippen molar-refractivity contribution >= 4 is 23.6 Å². The molecule has 166 valence electrons. The van der Waals surface area contributed by atoms with E-state index in [2.05, 4.69) is 22.2 Å². The maximum atomic E-state index is 12.4. The highest BCUT2D eigenvalue weighted by Gasteiger charge is 2.26. The summed E-state index contributed by atoms with van der Waals surface area (Å²) >= 11 is 1.54. The van der Waals surface area contributed by atoms with Gasteiger partial charge in [0.05, 0.1) is 11.9 Å². The summed E-state index contributed by atoms with van der Waals surface area (Å²) in [6, 6.07) is 7.28. The minimum Gasteiger partial charge on any atom is -0.493 e. The van der Waals surface area contributed by atoms with Gasteiger partial charge in [-0.15, -0.1) is 11.8 Å². The van der Waals surface area contributed by atoms with Crippen molar-refractivity contribution in [2.24, 2.45) is 5.92 Å². The minimum atomic E-state index is -0.369. The molecule has 1 atom stereocenters. The Morgan fingerprint density at radius 2 is 1.93 bits per heavy atom. The van der Waals surface area contributed by atoms with Gasteiger partial charge in [-0.25, -0.2) is 5.48 Å². The van der Waals surface area contributed by atoms with Crippen molar-refractivity contribution in [2.45, 2.75) is 18.1 Å². The van der Waals surface area contributed by atoms with Crippen molar-refractivity contribution in [3.8, 4) is 5.75 Å². The van der Waals surface area contributed by atoms with Gasteiger partial charge in [0.25, 0.3) is 11.8 Å². The second-order valence-corrected chi connectivity index (χ2v) is 9.28. The zero-order chi connectivity index (χ0) is 21.3. The van der Waals surface area contributed by atoms with Gasteiger partial charge in [0, 0.05) is 37.5 Å². The van der Waals surface area contributed by atoms with E-state index in [4.69, 9.17) is 9.94 Å². The summed E-state index contributed by atoms with van der Waals surface area (Å²) in [5, 5.41) is 11.4. The fraction of sp³-hybridized carbons (Fsp3) is 0.619. The number of thioether (sulfide) groups is 1. The first-order chi connectivity index (χ1) is 14.5. The van der Waals surface area contributed by atoms with Gasteiger partial charge >= 0.3 is 0 Å². The molecule has 2 heterocycles. The van der Waals surface area contributed by atoms with E-state index in [-0.39, 0.29) is 17.1 Å². The molecule has 0 aromatic heterocycles. The first kappa shape index (κ1) is 22.9. The lowest BCUT2D eigenvalue weighted by molar-refractivity contribution is -0.129. The van der Waals surface area contributed by atoms with Gasteiger partial charge < -0.3 is 15.0 Å². The van der Waals surface area contributed by atoms with Crippen LogP contribution in [0.25, 0.3) is 0 Å². The standard InChI is InChI=1S/C21H32N4O4S/c1-24-9-6-16(7-10-24)15-29-18-4-2-17(3-5-18)20(26)22-8-11-25-12-13-30-19(14-25)21(27)23-28/h2-5,16,19,28H,6-15H2,1H3,(H,22,26)(H,23,27)/t19-/m0/s1. The van der Waals surface area contributed by atoms with Crippen LogP contribution in [0, 0.1) is 5.92 Å². The Kier molecular flexibility index (Phi) is 8.80. The molecule has 1 aromatic carbocycles. The average molecular weight is 437 g/mol. The molecule has 0 aliphatic carbocycles. The van der Waals surface area contributed by atoms with Gasteiger partial charge in [0.15, 0.2) is 0 Å². The van der Waals surface area contributed by atoms with Crippen LogP contribution in [0.3, 0.4) is 0 Å². The van der Waals surface area contributed by atoms with Crippen LogP contribution in [0.15, 0.2) is 24.3 Å². The first-order valence-corrected chi connectivity index (χ1v) is 11.6. The summed E-state index contributed by atoms with van der Waals surface area (Å²) in [6.45, 7) is 5.57. The number of amides is 2. The number of hydroxylamine groups is 1. The fourth-order valence-corrected chi connectivity index (χ4v) is 4.88. The monoisotopic (exact) mass is 436 g/mol. The van der Waals surface area contributed by atoms with E-state index in [1.165, 1.54) is 11.8 Å². The van der Waals surface area contributed by atoms with E-state index >= 15 is 0 Å². The Labute approximate surface area is 182 Å². The SMILES string of the molecule is CN1CCC(COc2ccc(C(=O)NCCN3CCS[C@H](C(=O)NO)C3)cc2)CC1. The molecule has 30 heavy (non-hydrogen) atoms. The third-order valence-corrected chi connectivity index (χ3v) is 6.89. The maximum Gasteiger partial charge on any atom is 0.257 e. The van der Waals surface area contributed by atoms with E-state index in [0.29, 0.717) is 31.1 Å². The van der Waals surface area contributed by atoms with Gasteiger partial charge in [-0.1, -0.05) is 0 Å². The van der Waals surface area contributed by atoms with Crippen LogP contribution in [-0.2, 0) is 4.79 Å². The molecule has 2 amide bonds. The molecule has 0 radical (unpaired) electrons. The topological polar surface area (TPSA) is 94.1 Å². The van der Waals surface area contributed by atoms with E-state index in [1.807, 2.05) is 12.1 Å². The van der Waals surface area contributed by atoms with Crippen molar-refractivity contribution < 1.29 is 19.5 Å². The number of likely N-dealkylation sites (tertiary alicyclic amines) is 1. The highest BCUT2D eigenvalue weighted by molar-refractivity contribution is 8.00. The van der Waals surface area contributed by atoms with E-state index in [9.17, 15) is 9.59 Å². The lowest BCUT2D eigenvalue weighted by Gasteiger charge is -2.31. The summed E-state index contributed by atoms with van der Waals surface area (Å²) in [7, 11) is 2.15. The van der Waals surface area contributed by atoms with Crippen LogP contribution < -0.4 is 15.5 Å². The van der Waals surface area contributed by atoms with Gasteiger partial charge in [-0.3, -0.25) is 19.7 Å². The number of piperidine rings is 1. The molecule has 2 fully saturated rings. The molecular formula is C21H32N4O4S. The molecule has 2 aliphatic heterocycles. The van der Waals surface area contributed by atoms with Gasteiger partial charge in [0.1, 0.15) is 5.75 Å². The number of ether oxygens (including phenoxy) is 1. The summed E-state index contributed by atoms with van der Waals surface area (Å²) in [6.07, 6.45) is 2.33. The quantitative estimate of drug-likeness (QED) is 0.414. The summed E-state index contributed by atoms with van der Waals surface area (Å²) < 4.78 is 5.91. The largest absolute Gasteiger partial charge is 0.493 e. The molecule has 2 aliphatic rings. The van der Waals surface area contributed by atoms with Crippen molar-refractivity contribution in [1.29, 1.82) is 0 Å². The number of carbonyl (C=O) groups excluding carboxylic acids is 2. The predicted molar refractivity (Wildman–Crippen MR) is 117 cm³/mol. The highest BCUT2D eigenvalue weighted by Crippen LogP contribution is 2.20. The maximum absolute atomic E-state index is 12.4. The van der Waals surface area contributed by atoms with Gasteiger partial charge in [-0.2, -0.15) is 0 Å². The predicted octanol–water partition coefficient (Wildman–Crippen LogP) is 1.06. The smallest absolute Gasteiger partial charge is 0.257 e. The molecule has 0 unspecified atom stereocenters. The number of rotatable bonds is 8. The van der Waals surface area contributed by atoms with Gasteiger partial charge in [0.2, 0.25) is 0 Å². The fourth-order valence-electron chi connectivity index (χ4n) is 3.71. The average Bonchev–Trinajstić information content (AvgIpc) is 2.78. The Balaban J connectivity index is 1.36. The lowest BCUT2D eigenvalue weighted by atomic mass is 9.98. The van der Waals surface area contributed by atoms with E-state index in [1.54, 1.807) is 17.6 Å². The normalized spacial score (nSPS) is 21.2. The molecule has 0 saturated carbocycles. The second kappa shape index (κ2) is 11.5. The Morgan fingerprint density at radius 1 is 1.20 bits per heavy atom. The number of carbonyl (C=O) groups is 2. The zero-order valence-corrected chi connectivity index (χ0v) is 18.3. The van der Waals surface area contributed by atoms with Crippen molar-refractivity contribution in [3.63, 3.8) is 0 Å². The van der Waals surface area contributed by atoms with Crippen molar-refractivity contribution in [1.82, 2.24) is 20.6 Å². The van der Waals surface area contributed by atoms with Crippen LogP contribution in [0.5, 0.6) is 5.75 Å². The molecule has 9 heteroatoms. The molecule has 3 rings (SSSR count). The summed E-state index contributed by atoms with van der Waals surface area (Å²) in [5.74, 6) is 1.73. The van der Waals surface area contributed by atoms with Crippen LogP contribution in [0.2, 0.25) is 0 Å². The second-order valence-electron chi connectivity index (χ2n) is 7.97. The molecule has 0 spiro atoms. The van der Waals surface area contributed by atoms with Crippen molar-refractivity contribution in [2.75, 3.05) is 58.7 Å². The summed E-state index contributed by atoms with van der Waals surface area (Å²) in [5.41, 5.74) is 2.32. The molecule has 1 aromatic rings. The Morgan fingerprint density at radius 3 is 2.63 bits per heavy atom. The highest BCUT2D eigenvalue weighted by atomic mass is 32.2. The van der Waals surface area contributed by atoms with E-state index in [0.717, 1.165) is 50.6 Å².